The third-order valence-corrected chi connectivity index (χ3v) is 4.65. The van der Waals surface area contributed by atoms with Crippen molar-refractivity contribution in [3.8, 4) is 0 Å². The molecule has 0 spiro atoms. The Morgan fingerprint density at radius 3 is 2.56 bits per heavy atom. The van der Waals surface area contributed by atoms with E-state index in [2.05, 4.69) is 31.2 Å². The van der Waals surface area contributed by atoms with Crippen molar-refractivity contribution >= 4 is 39.0 Å². The number of carbonyl (C=O) groups excluding carboxylic acids is 1. The van der Waals surface area contributed by atoms with Crippen LogP contribution >= 0.6 is 15.9 Å². The van der Waals surface area contributed by atoms with Crippen molar-refractivity contribution in [1.29, 1.82) is 0 Å². The zero-order valence-corrected chi connectivity index (χ0v) is 15.5. The van der Waals surface area contributed by atoms with Crippen LogP contribution in [0, 0.1) is 6.92 Å². The molecular weight excluding hydrogens is 380 g/mol. The molecule has 0 radical (unpaired) electrons. The van der Waals surface area contributed by atoms with Gasteiger partial charge in [-0.05, 0) is 42.8 Å². The Morgan fingerprint density at radius 2 is 1.84 bits per heavy atom. The second-order valence-corrected chi connectivity index (χ2v) is 6.43. The summed E-state index contributed by atoms with van der Waals surface area (Å²) in [6.07, 6.45) is 1.39. The fraction of sp³-hybridized carbons (Fsp3) is 0.105. The van der Waals surface area contributed by atoms with E-state index in [4.69, 9.17) is 0 Å². The van der Waals surface area contributed by atoms with Crippen LogP contribution in [0.2, 0.25) is 0 Å². The Balaban J connectivity index is 1.81. The maximum Gasteiger partial charge on any atom is 0.276 e. The van der Waals surface area contributed by atoms with Crippen molar-refractivity contribution in [1.82, 2.24) is 9.97 Å². The summed E-state index contributed by atoms with van der Waals surface area (Å²) in [7, 11) is 1.73. The highest BCUT2D eigenvalue weighted by molar-refractivity contribution is 9.10. The molecule has 1 N–H and O–H groups in total. The van der Waals surface area contributed by atoms with Crippen molar-refractivity contribution in [2.24, 2.45) is 0 Å². The Bertz CT molecular complexity index is 899. The molecule has 0 saturated carbocycles. The topological polar surface area (TPSA) is 58.1 Å². The van der Waals surface area contributed by atoms with E-state index in [1.807, 2.05) is 55.5 Å². The number of amides is 1. The summed E-state index contributed by atoms with van der Waals surface area (Å²) in [5, 5.41) is 3.20. The van der Waals surface area contributed by atoms with Gasteiger partial charge in [0.25, 0.3) is 5.91 Å². The summed E-state index contributed by atoms with van der Waals surface area (Å²) >= 11 is 3.48. The molecule has 1 heterocycles. The monoisotopic (exact) mass is 396 g/mol. The van der Waals surface area contributed by atoms with Gasteiger partial charge in [0, 0.05) is 29.0 Å². The zero-order chi connectivity index (χ0) is 17.8. The first kappa shape index (κ1) is 17.1. The number of nitrogens with one attached hydrogen (secondary N) is 1. The molecule has 0 bridgehead atoms. The minimum Gasteiger partial charge on any atom is -0.340 e. The minimum atomic E-state index is -0.191. The molecule has 0 aliphatic rings. The van der Waals surface area contributed by atoms with Crippen molar-refractivity contribution in [3.63, 3.8) is 0 Å². The molecule has 0 aliphatic carbocycles. The molecule has 1 aromatic heterocycles. The van der Waals surface area contributed by atoms with Gasteiger partial charge in [0.15, 0.2) is 0 Å². The van der Waals surface area contributed by atoms with E-state index in [1.54, 1.807) is 18.0 Å². The standard InChI is InChI=1S/C19H17BrN4O/c1-13-10-14(8-9-16(13)20)23-18-11-17(21-12-22-18)19(25)24(2)15-6-4-3-5-7-15/h3-12H,1-2H3,(H,21,22,23). The summed E-state index contributed by atoms with van der Waals surface area (Å²) in [5.41, 5.74) is 3.15. The van der Waals surface area contributed by atoms with E-state index in [0.29, 0.717) is 11.5 Å². The number of rotatable bonds is 4. The molecule has 0 atom stereocenters. The van der Waals surface area contributed by atoms with Gasteiger partial charge in [-0.3, -0.25) is 4.79 Å². The van der Waals surface area contributed by atoms with E-state index in [0.717, 1.165) is 21.4 Å². The second kappa shape index (κ2) is 7.44. The van der Waals surface area contributed by atoms with Crippen LogP contribution in [0.1, 0.15) is 16.1 Å². The van der Waals surface area contributed by atoms with Gasteiger partial charge in [-0.25, -0.2) is 9.97 Å². The molecule has 2 aromatic carbocycles. The van der Waals surface area contributed by atoms with Crippen molar-refractivity contribution in [3.05, 3.63) is 76.7 Å². The van der Waals surface area contributed by atoms with Crippen LogP contribution in [-0.4, -0.2) is 22.9 Å². The van der Waals surface area contributed by atoms with Crippen LogP contribution in [-0.2, 0) is 0 Å². The molecule has 0 unspecified atom stereocenters. The van der Waals surface area contributed by atoms with Gasteiger partial charge in [0.1, 0.15) is 17.8 Å². The summed E-state index contributed by atoms with van der Waals surface area (Å²) < 4.78 is 1.04. The van der Waals surface area contributed by atoms with E-state index in [1.165, 1.54) is 6.33 Å². The zero-order valence-electron chi connectivity index (χ0n) is 13.9. The fourth-order valence-corrected chi connectivity index (χ4v) is 2.60. The van der Waals surface area contributed by atoms with Crippen molar-refractivity contribution in [2.75, 3.05) is 17.3 Å². The molecule has 3 aromatic rings. The Hall–Kier alpha value is -2.73. The minimum absolute atomic E-state index is 0.191. The van der Waals surface area contributed by atoms with Gasteiger partial charge < -0.3 is 10.2 Å². The van der Waals surface area contributed by atoms with Gasteiger partial charge in [-0.1, -0.05) is 34.1 Å². The van der Waals surface area contributed by atoms with Crippen molar-refractivity contribution < 1.29 is 4.79 Å². The third kappa shape index (κ3) is 4.03. The Kier molecular flexibility index (Phi) is 5.09. The van der Waals surface area contributed by atoms with Crippen molar-refractivity contribution in [2.45, 2.75) is 6.92 Å². The van der Waals surface area contributed by atoms with Gasteiger partial charge in [0.05, 0.1) is 0 Å². The largest absolute Gasteiger partial charge is 0.340 e. The molecule has 0 saturated heterocycles. The molecule has 0 aliphatic heterocycles. The smallest absolute Gasteiger partial charge is 0.276 e. The van der Waals surface area contributed by atoms with Gasteiger partial charge >= 0.3 is 0 Å². The number of anilines is 3. The Labute approximate surface area is 154 Å². The first-order chi connectivity index (χ1) is 12.0. The SMILES string of the molecule is Cc1cc(Nc2cc(C(=O)N(C)c3ccccc3)ncn2)ccc1Br. The first-order valence-electron chi connectivity index (χ1n) is 7.73. The van der Waals surface area contributed by atoms with Gasteiger partial charge in [0.2, 0.25) is 0 Å². The number of nitrogens with zero attached hydrogens (tertiary/aromatic N) is 3. The maximum atomic E-state index is 12.7. The van der Waals surface area contributed by atoms with Crippen LogP contribution in [0.3, 0.4) is 0 Å². The van der Waals surface area contributed by atoms with E-state index in [-0.39, 0.29) is 5.91 Å². The lowest BCUT2D eigenvalue weighted by Crippen LogP contribution is -2.27. The maximum absolute atomic E-state index is 12.7. The van der Waals surface area contributed by atoms with Crippen LogP contribution in [0.5, 0.6) is 0 Å². The molecule has 1 amide bonds. The van der Waals surface area contributed by atoms with Gasteiger partial charge in [-0.2, -0.15) is 0 Å². The van der Waals surface area contributed by atoms with Gasteiger partial charge in [-0.15, -0.1) is 0 Å². The second-order valence-electron chi connectivity index (χ2n) is 5.58. The van der Waals surface area contributed by atoms with Crippen LogP contribution in [0.25, 0.3) is 0 Å². The van der Waals surface area contributed by atoms with E-state index in [9.17, 15) is 4.79 Å². The number of hydrogen-bond donors (Lipinski definition) is 1. The summed E-state index contributed by atoms with van der Waals surface area (Å²) in [6, 6.07) is 17.0. The quantitative estimate of drug-likeness (QED) is 0.701. The summed E-state index contributed by atoms with van der Waals surface area (Å²) in [5.74, 6) is 0.380. The number of aryl methyl sites for hydroxylation is 1. The normalized spacial score (nSPS) is 10.4. The number of para-hydroxylation sites is 1. The highest BCUT2D eigenvalue weighted by atomic mass is 79.9. The molecule has 25 heavy (non-hydrogen) atoms. The molecule has 0 fully saturated rings. The molecule has 3 rings (SSSR count). The number of aromatic nitrogens is 2. The van der Waals surface area contributed by atoms with E-state index < -0.39 is 0 Å². The number of hydrogen-bond acceptors (Lipinski definition) is 4. The highest BCUT2D eigenvalue weighted by Gasteiger charge is 2.15. The summed E-state index contributed by atoms with van der Waals surface area (Å²) in [4.78, 5) is 22.5. The average molecular weight is 397 g/mol. The average Bonchev–Trinajstić information content (AvgIpc) is 2.64. The molecular formula is C19H17BrN4O. The molecule has 6 heteroatoms. The first-order valence-corrected chi connectivity index (χ1v) is 8.52. The third-order valence-electron chi connectivity index (χ3n) is 3.76. The summed E-state index contributed by atoms with van der Waals surface area (Å²) in [6.45, 7) is 2.01. The molecule has 5 nitrogen and oxygen atoms in total. The Morgan fingerprint density at radius 1 is 1.08 bits per heavy atom. The van der Waals surface area contributed by atoms with Crippen LogP contribution in [0.4, 0.5) is 17.2 Å². The van der Waals surface area contributed by atoms with E-state index >= 15 is 0 Å². The highest BCUT2D eigenvalue weighted by Crippen LogP contribution is 2.22. The predicted molar refractivity (Wildman–Crippen MR) is 103 cm³/mol. The van der Waals surface area contributed by atoms with Crippen LogP contribution < -0.4 is 10.2 Å². The van der Waals surface area contributed by atoms with Crippen LogP contribution in [0.15, 0.2) is 65.4 Å². The molecule has 126 valence electrons. The number of benzene rings is 2. The number of halogens is 1. The fourth-order valence-electron chi connectivity index (χ4n) is 2.35. The predicted octanol–water partition coefficient (Wildman–Crippen LogP) is 4.57. The lowest BCUT2D eigenvalue weighted by Gasteiger charge is -2.17. The lowest BCUT2D eigenvalue weighted by atomic mass is 10.2. The number of carbonyl (C=O) groups is 1. The lowest BCUT2D eigenvalue weighted by molar-refractivity contribution is 0.0988.